The van der Waals surface area contributed by atoms with Crippen LogP contribution in [0, 0.1) is 0 Å². The van der Waals surface area contributed by atoms with Crippen LogP contribution in [0.4, 0.5) is 0 Å². The van der Waals surface area contributed by atoms with E-state index in [4.69, 9.17) is 0 Å². The molecule has 0 spiro atoms. The molecular weight excluding hydrogens is 354 g/mol. The predicted molar refractivity (Wildman–Crippen MR) is 96.4 cm³/mol. The van der Waals surface area contributed by atoms with E-state index in [1.165, 1.54) is 5.56 Å². The van der Waals surface area contributed by atoms with E-state index in [-0.39, 0.29) is 11.6 Å². The molecule has 2 aromatic carbocycles. The molecule has 3 aromatic rings. The fourth-order valence-corrected chi connectivity index (χ4v) is 2.90. The van der Waals surface area contributed by atoms with E-state index in [2.05, 4.69) is 50.3 Å². The molecular formula is C18H18BrN3O. The summed E-state index contributed by atoms with van der Waals surface area (Å²) in [6.45, 7) is 2.66. The number of fused-ring (bicyclic) bond motifs is 1. The van der Waals surface area contributed by atoms with Crippen molar-refractivity contribution in [1.82, 2.24) is 15.3 Å². The smallest absolute Gasteiger partial charge is 0.258 e. The number of aromatic nitrogens is 2. The minimum Gasteiger partial charge on any atom is -0.309 e. The number of hydrogen-bond donors (Lipinski definition) is 2. The van der Waals surface area contributed by atoms with Gasteiger partial charge in [0.05, 0.1) is 17.4 Å². The highest BCUT2D eigenvalue weighted by molar-refractivity contribution is 9.10. The largest absolute Gasteiger partial charge is 0.309 e. The second-order valence-electron chi connectivity index (χ2n) is 5.42. The summed E-state index contributed by atoms with van der Waals surface area (Å²) in [6.07, 6.45) is 0.958. The lowest BCUT2D eigenvalue weighted by Gasteiger charge is -2.17. The first-order valence-electron chi connectivity index (χ1n) is 7.64. The lowest BCUT2D eigenvalue weighted by atomic mass is 10.0. The van der Waals surface area contributed by atoms with E-state index in [1.54, 1.807) is 6.07 Å². The highest BCUT2D eigenvalue weighted by atomic mass is 79.9. The van der Waals surface area contributed by atoms with E-state index in [0.717, 1.165) is 16.4 Å². The van der Waals surface area contributed by atoms with Crippen molar-refractivity contribution < 1.29 is 0 Å². The lowest BCUT2D eigenvalue weighted by molar-refractivity contribution is 0.508. The zero-order valence-electron chi connectivity index (χ0n) is 12.8. The van der Waals surface area contributed by atoms with Crippen LogP contribution in [0.5, 0.6) is 0 Å². The molecule has 1 aromatic heterocycles. The van der Waals surface area contributed by atoms with Crippen LogP contribution in [0.3, 0.4) is 0 Å². The van der Waals surface area contributed by atoms with E-state index in [0.29, 0.717) is 17.8 Å². The van der Waals surface area contributed by atoms with E-state index in [1.807, 2.05) is 30.3 Å². The van der Waals surface area contributed by atoms with Crippen molar-refractivity contribution in [2.24, 2.45) is 0 Å². The maximum absolute atomic E-state index is 12.1. The summed E-state index contributed by atoms with van der Waals surface area (Å²) in [7, 11) is 0. The Morgan fingerprint density at radius 3 is 2.65 bits per heavy atom. The molecule has 118 valence electrons. The Balaban J connectivity index is 1.79. The molecule has 0 aliphatic rings. The molecule has 0 radical (unpaired) electrons. The molecule has 23 heavy (non-hydrogen) atoms. The highest BCUT2D eigenvalue weighted by Crippen LogP contribution is 2.19. The van der Waals surface area contributed by atoms with Crippen LogP contribution in [-0.4, -0.2) is 9.97 Å². The number of para-hydroxylation sites is 1. The average Bonchev–Trinajstić information content (AvgIpc) is 2.57. The summed E-state index contributed by atoms with van der Waals surface area (Å²) in [5, 5.41) is 4.09. The minimum atomic E-state index is -0.0934. The van der Waals surface area contributed by atoms with Crippen molar-refractivity contribution in [3.05, 3.63) is 74.7 Å². The number of aromatic amines is 1. The van der Waals surface area contributed by atoms with Crippen LogP contribution >= 0.6 is 15.9 Å². The number of rotatable bonds is 5. The fourth-order valence-electron chi connectivity index (χ4n) is 2.63. The second-order valence-corrected chi connectivity index (χ2v) is 6.34. The summed E-state index contributed by atoms with van der Waals surface area (Å²) < 4.78 is 1.07. The molecule has 1 heterocycles. The van der Waals surface area contributed by atoms with Gasteiger partial charge in [0.15, 0.2) is 0 Å². The van der Waals surface area contributed by atoms with Crippen molar-refractivity contribution in [2.75, 3.05) is 0 Å². The molecule has 0 amide bonds. The van der Waals surface area contributed by atoms with Crippen LogP contribution in [0.2, 0.25) is 0 Å². The normalized spacial score (nSPS) is 12.4. The standard InChI is InChI=1S/C18H18BrN3O/c1-2-15(12-7-9-13(19)10-8-12)20-11-17-21-16-6-4-3-5-14(16)18(23)22-17/h3-10,15,20H,2,11H2,1H3,(H,21,22,23)/t15-/m1/s1. The van der Waals surface area contributed by atoms with Crippen LogP contribution in [0.25, 0.3) is 10.9 Å². The van der Waals surface area contributed by atoms with Gasteiger partial charge < -0.3 is 10.3 Å². The van der Waals surface area contributed by atoms with Crippen LogP contribution in [0.1, 0.15) is 30.8 Å². The fraction of sp³-hybridized carbons (Fsp3) is 0.222. The van der Waals surface area contributed by atoms with Crippen molar-refractivity contribution >= 4 is 26.8 Å². The number of benzene rings is 2. The van der Waals surface area contributed by atoms with Crippen LogP contribution < -0.4 is 10.9 Å². The van der Waals surface area contributed by atoms with Gasteiger partial charge in [0, 0.05) is 10.5 Å². The predicted octanol–water partition coefficient (Wildman–Crippen LogP) is 3.93. The summed E-state index contributed by atoms with van der Waals surface area (Å²) >= 11 is 3.45. The van der Waals surface area contributed by atoms with Gasteiger partial charge in [-0.15, -0.1) is 0 Å². The number of hydrogen-bond acceptors (Lipinski definition) is 3. The molecule has 0 bridgehead atoms. The van der Waals surface area contributed by atoms with Gasteiger partial charge in [-0.3, -0.25) is 4.79 Å². The van der Waals surface area contributed by atoms with Gasteiger partial charge >= 0.3 is 0 Å². The number of nitrogens with zero attached hydrogens (tertiary/aromatic N) is 1. The lowest BCUT2D eigenvalue weighted by Crippen LogP contribution is -2.23. The topological polar surface area (TPSA) is 57.8 Å². The highest BCUT2D eigenvalue weighted by Gasteiger charge is 2.10. The Labute approximate surface area is 143 Å². The second kappa shape index (κ2) is 7.06. The molecule has 5 heteroatoms. The zero-order chi connectivity index (χ0) is 16.2. The third-order valence-electron chi connectivity index (χ3n) is 3.86. The SMILES string of the molecule is CC[C@@H](NCc1nc2ccccc2c(=O)[nH]1)c1ccc(Br)cc1. The molecule has 2 N–H and O–H groups in total. The maximum atomic E-state index is 12.1. The molecule has 0 fully saturated rings. The molecule has 0 saturated heterocycles. The molecule has 1 atom stereocenters. The molecule has 4 nitrogen and oxygen atoms in total. The van der Waals surface area contributed by atoms with Gasteiger partial charge in [-0.2, -0.15) is 0 Å². The quantitative estimate of drug-likeness (QED) is 0.714. The number of H-pyrrole nitrogens is 1. The van der Waals surface area contributed by atoms with Gasteiger partial charge in [0.1, 0.15) is 5.82 Å². The van der Waals surface area contributed by atoms with Crippen molar-refractivity contribution in [3.8, 4) is 0 Å². The van der Waals surface area contributed by atoms with Crippen LogP contribution in [-0.2, 0) is 6.54 Å². The summed E-state index contributed by atoms with van der Waals surface area (Å²) in [5.41, 5.74) is 1.85. The van der Waals surface area contributed by atoms with E-state index >= 15 is 0 Å². The average molecular weight is 372 g/mol. The monoisotopic (exact) mass is 371 g/mol. The molecule has 0 unspecified atom stereocenters. The Hall–Kier alpha value is -1.98. The first-order valence-corrected chi connectivity index (χ1v) is 8.43. The zero-order valence-corrected chi connectivity index (χ0v) is 14.4. The third-order valence-corrected chi connectivity index (χ3v) is 4.39. The van der Waals surface area contributed by atoms with Crippen molar-refractivity contribution in [2.45, 2.75) is 25.9 Å². The number of halogens is 1. The molecule has 0 aliphatic heterocycles. The summed E-state index contributed by atoms with van der Waals surface area (Å²) in [5.74, 6) is 0.657. The van der Waals surface area contributed by atoms with Crippen molar-refractivity contribution in [3.63, 3.8) is 0 Å². The third kappa shape index (κ3) is 3.68. The van der Waals surface area contributed by atoms with Gasteiger partial charge in [0.2, 0.25) is 0 Å². The van der Waals surface area contributed by atoms with Gasteiger partial charge in [-0.05, 0) is 36.2 Å². The first kappa shape index (κ1) is 15.9. The summed E-state index contributed by atoms with van der Waals surface area (Å²) in [4.78, 5) is 19.5. The molecule has 0 aliphatic carbocycles. The molecule has 3 rings (SSSR count). The van der Waals surface area contributed by atoms with E-state index < -0.39 is 0 Å². The first-order chi connectivity index (χ1) is 11.2. The van der Waals surface area contributed by atoms with Gasteiger partial charge in [-0.25, -0.2) is 4.98 Å². The minimum absolute atomic E-state index is 0.0934. The maximum Gasteiger partial charge on any atom is 0.258 e. The Bertz CT molecular complexity index is 858. The van der Waals surface area contributed by atoms with Crippen LogP contribution in [0.15, 0.2) is 57.8 Å². The molecule has 0 saturated carbocycles. The van der Waals surface area contributed by atoms with Crippen molar-refractivity contribution in [1.29, 1.82) is 0 Å². The van der Waals surface area contributed by atoms with Gasteiger partial charge in [-0.1, -0.05) is 47.1 Å². The summed E-state index contributed by atoms with van der Waals surface area (Å²) in [6, 6.07) is 15.9. The number of nitrogens with one attached hydrogen (secondary N) is 2. The Morgan fingerprint density at radius 2 is 1.91 bits per heavy atom. The van der Waals surface area contributed by atoms with Gasteiger partial charge in [0.25, 0.3) is 5.56 Å². The Morgan fingerprint density at radius 1 is 1.17 bits per heavy atom. The Kier molecular flexibility index (Phi) is 4.88. The van der Waals surface area contributed by atoms with E-state index in [9.17, 15) is 4.79 Å².